The predicted molar refractivity (Wildman–Crippen MR) is 107 cm³/mol. The second kappa shape index (κ2) is 8.11. The maximum atomic E-state index is 6.09. The van der Waals surface area contributed by atoms with Crippen molar-refractivity contribution in [1.82, 2.24) is 15.6 Å². The zero-order chi connectivity index (χ0) is 17.6. The topological polar surface area (TPSA) is 65.1 Å². The van der Waals surface area contributed by atoms with Crippen LogP contribution in [0.15, 0.2) is 59.8 Å². The van der Waals surface area contributed by atoms with E-state index in [4.69, 9.17) is 35.4 Å². The zero-order valence-corrected chi connectivity index (χ0v) is 15.2. The molecule has 0 bridgehead atoms. The van der Waals surface area contributed by atoms with Gasteiger partial charge < -0.3 is 5.32 Å². The van der Waals surface area contributed by atoms with E-state index >= 15 is 0 Å². The molecule has 0 saturated carbocycles. The molecule has 0 aliphatic rings. The molecule has 0 fully saturated rings. The van der Waals surface area contributed by atoms with E-state index in [1.807, 2.05) is 30.3 Å². The lowest BCUT2D eigenvalue weighted by Gasteiger charge is -2.08. The highest BCUT2D eigenvalue weighted by Gasteiger charge is 2.06. The third kappa shape index (κ3) is 4.57. The number of anilines is 1. The van der Waals surface area contributed by atoms with Crippen molar-refractivity contribution >= 4 is 52.4 Å². The van der Waals surface area contributed by atoms with Crippen molar-refractivity contribution in [2.45, 2.75) is 0 Å². The minimum atomic E-state index is 0.310. The molecule has 0 saturated heterocycles. The Morgan fingerprint density at radius 1 is 1.16 bits per heavy atom. The van der Waals surface area contributed by atoms with Crippen LogP contribution in [0.25, 0.3) is 11.3 Å². The Morgan fingerprint density at radius 3 is 2.72 bits per heavy atom. The fourth-order valence-corrected chi connectivity index (χ4v) is 2.75. The lowest BCUT2D eigenvalue weighted by atomic mass is 10.1. The van der Waals surface area contributed by atoms with Crippen LogP contribution in [-0.2, 0) is 0 Å². The van der Waals surface area contributed by atoms with E-state index in [2.05, 4.69) is 26.0 Å². The smallest absolute Gasteiger partial charge is 0.191 e. The molecule has 3 aromatic rings. The number of rotatable bonds is 4. The predicted octanol–water partition coefficient (Wildman–Crippen LogP) is 4.70. The van der Waals surface area contributed by atoms with Crippen LogP contribution < -0.4 is 10.7 Å². The summed E-state index contributed by atoms with van der Waals surface area (Å²) in [6.45, 7) is 0. The molecule has 1 heterocycles. The number of H-pyrrole nitrogens is 1. The van der Waals surface area contributed by atoms with Crippen LogP contribution >= 0.6 is 35.4 Å². The highest BCUT2D eigenvalue weighted by Crippen LogP contribution is 2.25. The van der Waals surface area contributed by atoms with Crippen LogP contribution in [0.5, 0.6) is 0 Å². The van der Waals surface area contributed by atoms with Gasteiger partial charge in [0.15, 0.2) is 5.11 Å². The van der Waals surface area contributed by atoms with Crippen LogP contribution in [-0.4, -0.2) is 21.5 Å². The van der Waals surface area contributed by atoms with Crippen molar-refractivity contribution < 1.29 is 0 Å². The van der Waals surface area contributed by atoms with E-state index in [0.717, 1.165) is 16.8 Å². The van der Waals surface area contributed by atoms with Gasteiger partial charge in [-0.2, -0.15) is 10.2 Å². The van der Waals surface area contributed by atoms with E-state index in [-0.39, 0.29) is 0 Å². The largest absolute Gasteiger partial charge is 0.330 e. The van der Waals surface area contributed by atoms with E-state index in [1.165, 1.54) is 0 Å². The van der Waals surface area contributed by atoms with Crippen molar-refractivity contribution in [3.63, 3.8) is 0 Å². The van der Waals surface area contributed by atoms with Crippen molar-refractivity contribution in [3.8, 4) is 11.3 Å². The summed E-state index contributed by atoms with van der Waals surface area (Å²) >= 11 is 17.2. The summed E-state index contributed by atoms with van der Waals surface area (Å²) in [4.78, 5) is 0. The maximum absolute atomic E-state index is 6.09. The Hall–Kier alpha value is -2.41. The summed E-state index contributed by atoms with van der Waals surface area (Å²) in [6, 6.07) is 15.0. The van der Waals surface area contributed by atoms with Crippen LogP contribution in [0.4, 0.5) is 5.69 Å². The van der Waals surface area contributed by atoms with E-state index in [9.17, 15) is 0 Å². The minimum Gasteiger partial charge on any atom is -0.330 e. The number of thiocarbonyl (C=S) groups is 1. The molecule has 3 N–H and O–H groups in total. The number of halogens is 2. The third-order valence-corrected chi connectivity index (χ3v) is 4.02. The third-order valence-electron chi connectivity index (χ3n) is 3.28. The monoisotopic (exact) mass is 389 g/mol. The van der Waals surface area contributed by atoms with Gasteiger partial charge in [-0.05, 0) is 30.4 Å². The number of benzene rings is 2. The fraction of sp³-hybridized carbons (Fsp3) is 0. The maximum Gasteiger partial charge on any atom is 0.191 e. The molecule has 5 nitrogen and oxygen atoms in total. The van der Waals surface area contributed by atoms with Gasteiger partial charge in [0.2, 0.25) is 0 Å². The molecule has 0 aliphatic carbocycles. The number of nitrogens with one attached hydrogen (secondary N) is 3. The lowest BCUT2D eigenvalue weighted by Crippen LogP contribution is -2.24. The van der Waals surface area contributed by atoms with E-state index < -0.39 is 0 Å². The molecule has 3 rings (SSSR count). The average molecular weight is 390 g/mol. The first-order valence-corrected chi connectivity index (χ1v) is 8.44. The Balaban J connectivity index is 1.64. The number of hydrazone groups is 1. The molecular formula is C17H13Cl2N5S. The molecule has 0 radical (unpaired) electrons. The molecule has 2 aromatic carbocycles. The second-order valence-electron chi connectivity index (χ2n) is 5.01. The number of aromatic nitrogens is 2. The SMILES string of the molecule is S=C(N/N=C/c1cn[nH]c1-c1ccccc1)Nc1ccc(Cl)cc1Cl. The number of hydrogen-bond donors (Lipinski definition) is 3. The van der Waals surface area contributed by atoms with E-state index in [0.29, 0.717) is 20.8 Å². The van der Waals surface area contributed by atoms with Crippen LogP contribution in [0.2, 0.25) is 10.0 Å². The van der Waals surface area contributed by atoms with Crippen molar-refractivity contribution in [2.75, 3.05) is 5.32 Å². The standard InChI is InChI=1S/C17H13Cl2N5S/c18-13-6-7-15(14(19)8-13)22-17(25)24-21-10-12-9-20-23-16(12)11-4-2-1-3-5-11/h1-10H,(H,20,23)(H2,22,24,25)/b21-10+. The quantitative estimate of drug-likeness (QED) is 0.343. The van der Waals surface area contributed by atoms with Gasteiger partial charge in [-0.1, -0.05) is 53.5 Å². The molecule has 0 amide bonds. The van der Waals surface area contributed by atoms with Gasteiger partial charge in [-0.25, -0.2) is 0 Å². The molecule has 0 spiro atoms. The van der Waals surface area contributed by atoms with Gasteiger partial charge in [0.25, 0.3) is 0 Å². The second-order valence-corrected chi connectivity index (χ2v) is 6.27. The van der Waals surface area contributed by atoms with Gasteiger partial charge in [0.05, 0.1) is 28.8 Å². The van der Waals surface area contributed by atoms with Crippen molar-refractivity contribution in [3.05, 3.63) is 70.3 Å². The Morgan fingerprint density at radius 2 is 1.96 bits per heavy atom. The summed E-state index contributed by atoms with van der Waals surface area (Å²) in [5.74, 6) is 0. The van der Waals surface area contributed by atoms with Crippen LogP contribution in [0, 0.1) is 0 Å². The molecule has 0 atom stereocenters. The summed E-state index contributed by atoms with van der Waals surface area (Å²) in [5.41, 5.74) is 6.13. The van der Waals surface area contributed by atoms with Gasteiger partial charge in [-0.3, -0.25) is 10.5 Å². The molecule has 1 aromatic heterocycles. The first kappa shape index (κ1) is 17.4. The Labute approximate surface area is 160 Å². The zero-order valence-electron chi connectivity index (χ0n) is 12.8. The Bertz CT molecular complexity index is 908. The van der Waals surface area contributed by atoms with Crippen molar-refractivity contribution in [2.24, 2.45) is 5.10 Å². The molecule has 0 unspecified atom stereocenters. The average Bonchev–Trinajstić information content (AvgIpc) is 3.07. The van der Waals surface area contributed by atoms with Crippen LogP contribution in [0.1, 0.15) is 5.56 Å². The summed E-state index contributed by atoms with van der Waals surface area (Å²) < 4.78 is 0. The molecule has 8 heteroatoms. The minimum absolute atomic E-state index is 0.310. The van der Waals surface area contributed by atoms with E-state index in [1.54, 1.807) is 30.6 Å². The highest BCUT2D eigenvalue weighted by molar-refractivity contribution is 7.80. The highest BCUT2D eigenvalue weighted by atomic mass is 35.5. The number of hydrogen-bond acceptors (Lipinski definition) is 3. The first-order chi connectivity index (χ1) is 12.1. The summed E-state index contributed by atoms with van der Waals surface area (Å²) in [5, 5.41) is 15.5. The Kier molecular flexibility index (Phi) is 5.65. The normalized spacial score (nSPS) is 10.8. The first-order valence-electron chi connectivity index (χ1n) is 7.27. The lowest BCUT2D eigenvalue weighted by molar-refractivity contribution is 1.05. The van der Waals surface area contributed by atoms with Gasteiger partial charge in [0.1, 0.15) is 0 Å². The van der Waals surface area contributed by atoms with Crippen LogP contribution in [0.3, 0.4) is 0 Å². The summed E-state index contributed by atoms with van der Waals surface area (Å²) in [7, 11) is 0. The van der Waals surface area contributed by atoms with Gasteiger partial charge >= 0.3 is 0 Å². The van der Waals surface area contributed by atoms with Crippen molar-refractivity contribution in [1.29, 1.82) is 0 Å². The molecule has 126 valence electrons. The number of nitrogens with zero attached hydrogens (tertiary/aromatic N) is 2. The number of aromatic amines is 1. The molecule has 25 heavy (non-hydrogen) atoms. The molecular weight excluding hydrogens is 377 g/mol. The fourth-order valence-electron chi connectivity index (χ4n) is 2.13. The molecule has 0 aliphatic heterocycles. The van der Waals surface area contributed by atoms with Gasteiger partial charge in [0, 0.05) is 16.1 Å². The summed E-state index contributed by atoms with van der Waals surface area (Å²) in [6.07, 6.45) is 3.34. The van der Waals surface area contributed by atoms with Gasteiger partial charge in [-0.15, -0.1) is 0 Å².